The van der Waals surface area contributed by atoms with Gasteiger partial charge in [0.1, 0.15) is 17.9 Å². The van der Waals surface area contributed by atoms with Gasteiger partial charge < -0.3 is 19.7 Å². The van der Waals surface area contributed by atoms with Crippen molar-refractivity contribution in [2.75, 3.05) is 32.5 Å². The summed E-state index contributed by atoms with van der Waals surface area (Å²) in [6, 6.07) is 1.88. The molecule has 1 fully saturated rings. The molecule has 0 aromatic heterocycles. The standard InChI is InChI=1S/C22H34FN3O5S/c1-16-13-20(23)19(14-21(16)31-15-18-7-8-18)17(2)25-32(29,30)12-6-4-5-9-26(10-11-27)22(28)24-3/h11,13-14,17-18,25H,4-10,12,15H2,1-3H3,(H,24,28). The number of nitrogens with zero attached hydrogens (tertiary/aromatic N) is 1. The predicted octanol–water partition coefficient (Wildman–Crippen LogP) is 2.91. The van der Waals surface area contributed by atoms with Gasteiger partial charge in [-0.3, -0.25) is 0 Å². The van der Waals surface area contributed by atoms with Crippen molar-refractivity contribution in [3.05, 3.63) is 29.1 Å². The van der Waals surface area contributed by atoms with Gasteiger partial charge in [-0.15, -0.1) is 0 Å². The first-order chi connectivity index (χ1) is 15.2. The van der Waals surface area contributed by atoms with Gasteiger partial charge in [0.2, 0.25) is 10.0 Å². The topological polar surface area (TPSA) is 105 Å². The van der Waals surface area contributed by atoms with Gasteiger partial charge in [-0.1, -0.05) is 6.42 Å². The number of amides is 2. The average Bonchev–Trinajstić information content (AvgIpc) is 3.55. The zero-order valence-corrected chi connectivity index (χ0v) is 19.8. The van der Waals surface area contributed by atoms with E-state index >= 15 is 0 Å². The first-order valence-electron chi connectivity index (χ1n) is 11.0. The maximum atomic E-state index is 14.5. The van der Waals surface area contributed by atoms with E-state index in [-0.39, 0.29) is 23.9 Å². The zero-order chi connectivity index (χ0) is 23.7. The molecule has 1 aromatic rings. The number of carbonyl (C=O) groups is 2. The third kappa shape index (κ3) is 8.38. The van der Waals surface area contributed by atoms with Crippen LogP contribution in [0.4, 0.5) is 9.18 Å². The first-order valence-corrected chi connectivity index (χ1v) is 12.6. The molecule has 0 aliphatic heterocycles. The van der Waals surface area contributed by atoms with E-state index in [1.807, 2.05) is 0 Å². The van der Waals surface area contributed by atoms with Crippen LogP contribution in [0, 0.1) is 18.7 Å². The molecular weight excluding hydrogens is 437 g/mol. The van der Waals surface area contributed by atoms with Crippen molar-refractivity contribution in [1.82, 2.24) is 14.9 Å². The Hall–Kier alpha value is -2.20. The number of aldehydes is 1. The minimum absolute atomic E-state index is 0.00842. The molecule has 2 N–H and O–H groups in total. The molecule has 1 atom stereocenters. The van der Waals surface area contributed by atoms with Crippen molar-refractivity contribution >= 4 is 22.3 Å². The smallest absolute Gasteiger partial charge is 0.317 e. The minimum Gasteiger partial charge on any atom is -0.493 e. The van der Waals surface area contributed by atoms with Gasteiger partial charge in [-0.25, -0.2) is 22.3 Å². The van der Waals surface area contributed by atoms with E-state index in [2.05, 4.69) is 10.0 Å². The number of rotatable bonds is 14. The maximum Gasteiger partial charge on any atom is 0.317 e. The highest BCUT2D eigenvalue weighted by Crippen LogP contribution is 2.32. The van der Waals surface area contributed by atoms with E-state index in [0.29, 0.717) is 55.9 Å². The molecule has 0 heterocycles. The summed E-state index contributed by atoms with van der Waals surface area (Å²) in [5.74, 6) is 0.556. The molecule has 0 radical (unpaired) electrons. The Kier molecular flexibility index (Phi) is 9.89. The van der Waals surface area contributed by atoms with E-state index < -0.39 is 21.9 Å². The van der Waals surface area contributed by atoms with Crippen LogP contribution in [0.2, 0.25) is 0 Å². The van der Waals surface area contributed by atoms with Crippen LogP contribution in [-0.2, 0) is 14.8 Å². The van der Waals surface area contributed by atoms with Crippen molar-refractivity contribution in [3.8, 4) is 5.75 Å². The maximum absolute atomic E-state index is 14.5. The molecule has 0 spiro atoms. The second kappa shape index (κ2) is 12.2. The Morgan fingerprint density at radius 1 is 1.31 bits per heavy atom. The van der Waals surface area contributed by atoms with Crippen molar-refractivity contribution in [2.24, 2.45) is 5.92 Å². The Morgan fingerprint density at radius 2 is 2.03 bits per heavy atom. The Balaban J connectivity index is 1.85. The van der Waals surface area contributed by atoms with Crippen LogP contribution in [-0.4, -0.2) is 58.1 Å². The van der Waals surface area contributed by atoms with E-state index in [1.54, 1.807) is 19.9 Å². The molecule has 0 saturated heterocycles. The summed E-state index contributed by atoms with van der Waals surface area (Å²) >= 11 is 0. The summed E-state index contributed by atoms with van der Waals surface area (Å²) in [4.78, 5) is 23.7. The molecule has 180 valence electrons. The molecule has 2 rings (SSSR count). The third-order valence-corrected chi connectivity index (χ3v) is 6.96. The van der Waals surface area contributed by atoms with Gasteiger partial charge in [0, 0.05) is 25.2 Å². The Labute approximate surface area is 189 Å². The molecule has 8 nitrogen and oxygen atoms in total. The van der Waals surface area contributed by atoms with Gasteiger partial charge in [0.05, 0.1) is 18.9 Å². The lowest BCUT2D eigenvalue weighted by Gasteiger charge is -2.19. The summed E-state index contributed by atoms with van der Waals surface area (Å²) in [5, 5.41) is 2.46. The molecule has 2 amide bonds. The Morgan fingerprint density at radius 3 is 2.66 bits per heavy atom. The summed E-state index contributed by atoms with van der Waals surface area (Å²) in [6.45, 7) is 4.32. The van der Waals surface area contributed by atoms with Gasteiger partial charge in [-0.2, -0.15) is 0 Å². The molecule has 0 bridgehead atoms. The molecule has 32 heavy (non-hydrogen) atoms. The van der Waals surface area contributed by atoms with Gasteiger partial charge >= 0.3 is 6.03 Å². The molecule has 1 aliphatic rings. The minimum atomic E-state index is -3.62. The summed E-state index contributed by atoms with van der Waals surface area (Å²) < 4.78 is 47.8. The lowest BCUT2D eigenvalue weighted by Crippen LogP contribution is -2.39. The largest absolute Gasteiger partial charge is 0.493 e. The number of ether oxygens (including phenoxy) is 1. The number of aryl methyl sites for hydroxylation is 1. The van der Waals surface area contributed by atoms with E-state index in [4.69, 9.17) is 4.74 Å². The van der Waals surface area contributed by atoms with Crippen LogP contribution < -0.4 is 14.8 Å². The number of sulfonamides is 1. The zero-order valence-electron chi connectivity index (χ0n) is 19.0. The van der Waals surface area contributed by atoms with Crippen LogP contribution in [0.25, 0.3) is 0 Å². The highest BCUT2D eigenvalue weighted by atomic mass is 32.2. The number of urea groups is 1. The number of hydrogen-bond acceptors (Lipinski definition) is 5. The van der Waals surface area contributed by atoms with Crippen LogP contribution in [0.5, 0.6) is 5.75 Å². The number of benzene rings is 1. The fourth-order valence-corrected chi connectivity index (χ4v) is 4.70. The summed E-state index contributed by atoms with van der Waals surface area (Å²) in [6.07, 6.45) is 4.46. The van der Waals surface area contributed by atoms with Crippen LogP contribution >= 0.6 is 0 Å². The van der Waals surface area contributed by atoms with Crippen molar-refractivity contribution < 1.29 is 27.1 Å². The molecule has 1 unspecified atom stereocenters. The number of nitrogens with one attached hydrogen (secondary N) is 2. The number of halogens is 1. The van der Waals surface area contributed by atoms with E-state index in [0.717, 1.165) is 12.8 Å². The number of carbonyl (C=O) groups excluding carboxylic acids is 2. The van der Waals surface area contributed by atoms with Crippen LogP contribution in [0.3, 0.4) is 0 Å². The van der Waals surface area contributed by atoms with Crippen molar-refractivity contribution in [2.45, 2.75) is 52.0 Å². The summed E-state index contributed by atoms with van der Waals surface area (Å²) in [5.41, 5.74) is 0.933. The molecule has 1 saturated carbocycles. The first kappa shape index (κ1) is 26.1. The monoisotopic (exact) mass is 471 g/mol. The van der Waals surface area contributed by atoms with Crippen molar-refractivity contribution in [1.29, 1.82) is 0 Å². The van der Waals surface area contributed by atoms with Gasteiger partial charge in [-0.05, 0) is 63.1 Å². The van der Waals surface area contributed by atoms with E-state index in [9.17, 15) is 22.4 Å². The predicted molar refractivity (Wildman–Crippen MR) is 121 cm³/mol. The average molecular weight is 472 g/mol. The fourth-order valence-electron chi connectivity index (χ4n) is 3.34. The fraction of sp³-hybridized carbons (Fsp3) is 0.636. The lowest BCUT2D eigenvalue weighted by atomic mass is 10.1. The third-order valence-electron chi connectivity index (χ3n) is 5.43. The van der Waals surface area contributed by atoms with Crippen molar-refractivity contribution in [3.63, 3.8) is 0 Å². The van der Waals surface area contributed by atoms with Crippen LogP contribution in [0.1, 0.15) is 56.2 Å². The van der Waals surface area contributed by atoms with Gasteiger partial charge in [0.25, 0.3) is 0 Å². The van der Waals surface area contributed by atoms with E-state index in [1.165, 1.54) is 18.0 Å². The molecule has 1 aliphatic carbocycles. The highest BCUT2D eigenvalue weighted by molar-refractivity contribution is 7.89. The number of unbranched alkanes of at least 4 members (excludes halogenated alkanes) is 2. The quantitative estimate of drug-likeness (QED) is 0.321. The molecule has 10 heteroatoms. The van der Waals surface area contributed by atoms with Crippen LogP contribution in [0.15, 0.2) is 12.1 Å². The molecule has 1 aromatic carbocycles. The highest BCUT2D eigenvalue weighted by Gasteiger charge is 2.24. The normalized spacial score (nSPS) is 14.6. The van der Waals surface area contributed by atoms with Gasteiger partial charge in [0.15, 0.2) is 0 Å². The molecular formula is C22H34FN3O5S. The second-order valence-corrected chi connectivity index (χ2v) is 10.2. The SMILES string of the molecule is CNC(=O)N(CC=O)CCCCCS(=O)(=O)NC(C)c1cc(OCC2CC2)c(C)cc1F. The Bertz CT molecular complexity index is 890. The lowest BCUT2D eigenvalue weighted by molar-refractivity contribution is -0.108. The number of hydrogen-bond donors (Lipinski definition) is 2. The second-order valence-electron chi connectivity index (χ2n) is 8.28. The summed E-state index contributed by atoms with van der Waals surface area (Å²) in [7, 11) is -2.14.